The van der Waals surface area contributed by atoms with Gasteiger partial charge in [-0.15, -0.1) is 0 Å². The lowest BCUT2D eigenvalue weighted by Gasteiger charge is -2.12. The maximum absolute atomic E-state index is 10.9. The molecule has 74 valence electrons. The maximum atomic E-state index is 10.9. The maximum Gasteiger partial charge on any atom is 0.316 e. The summed E-state index contributed by atoms with van der Waals surface area (Å²) in [6, 6.07) is 3.99. The highest BCUT2D eigenvalue weighted by atomic mass is 35.5. The number of amides is 1. The zero-order valence-electron chi connectivity index (χ0n) is 7.69. The van der Waals surface area contributed by atoms with Crippen molar-refractivity contribution in [2.24, 2.45) is 0 Å². The summed E-state index contributed by atoms with van der Waals surface area (Å²) in [5.41, 5.74) is 1.24. The van der Waals surface area contributed by atoms with Gasteiger partial charge in [-0.05, 0) is 35.7 Å². The largest absolute Gasteiger partial charge is 0.329 e. The Labute approximate surface area is 87.7 Å². The van der Waals surface area contributed by atoms with E-state index in [2.05, 4.69) is 4.98 Å². The number of nitrogens with zero attached hydrogens (tertiary/aromatic N) is 2. The van der Waals surface area contributed by atoms with Crippen molar-refractivity contribution in [3.8, 4) is 0 Å². The number of likely N-dealkylation sites (tertiary alicyclic amines) is 1. The molecule has 1 atom stereocenters. The second-order valence-corrected chi connectivity index (χ2v) is 3.79. The van der Waals surface area contributed by atoms with Crippen LogP contribution in [0.25, 0.3) is 0 Å². The minimum atomic E-state index is -0.346. The smallest absolute Gasteiger partial charge is 0.316 e. The fourth-order valence-electron chi connectivity index (χ4n) is 1.83. The summed E-state index contributed by atoms with van der Waals surface area (Å²) >= 11 is 5.41. The van der Waals surface area contributed by atoms with Crippen molar-refractivity contribution in [1.29, 1.82) is 0 Å². The monoisotopic (exact) mass is 210 g/mol. The van der Waals surface area contributed by atoms with Crippen LogP contribution in [0.2, 0.25) is 0 Å². The van der Waals surface area contributed by atoms with Crippen LogP contribution in [-0.4, -0.2) is 28.3 Å². The molecule has 0 bridgehead atoms. The standard InChI is InChI=1S/C10H11ClN2O/c11-10(14)13-6-3-9(7-13)8-1-4-12-5-2-8/h1-2,4-5,9H,3,6-7H2. The molecule has 14 heavy (non-hydrogen) atoms. The Balaban J connectivity index is 2.06. The summed E-state index contributed by atoms with van der Waals surface area (Å²) < 4.78 is 0. The summed E-state index contributed by atoms with van der Waals surface area (Å²) in [4.78, 5) is 16.5. The van der Waals surface area contributed by atoms with Crippen molar-refractivity contribution >= 4 is 17.0 Å². The lowest BCUT2D eigenvalue weighted by Crippen LogP contribution is -2.22. The molecule has 1 saturated heterocycles. The summed E-state index contributed by atoms with van der Waals surface area (Å²) in [6.45, 7) is 1.49. The molecule has 1 aliphatic heterocycles. The molecule has 1 unspecified atom stereocenters. The Morgan fingerprint density at radius 1 is 1.50 bits per heavy atom. The second-order valence-electron chi connectivity index (χ2n) is 3.47. The van der Waals surface area contributed by atoms with Gasteiger partial charge in [0.15, 0.2) is 0 Å². The van der Waals surface area contributed by atoms with Gasteiger partial charge in [-0.1, -0.05) is 0 Å². The van der Waals surface area contributed by atoms with Gasteiger partial charge in [-0.3, -0.25) is 9.78 Å². The van der Waals surface area contributed by atoms with Gasteiger partial charge in [-0.25, -0.2) is 0 Å². The van der Waals surface area contributed by atoms with Crippen molar-refractivity contribution in [3.05, 3.63) is 30.1 Å². The van der Waals surface area contributed by atoms with Crippen LogP contribution >= 0.6 is 11.6 Å². The number of pyridine rings is 1. The zero-order chi connectivity index (χ0) is 9.97. The highest BCUT2D eigenvalue weighted by molar-refractivity contribution is 6.62. The Kier molecular flexibility index (Phi) is 2.68. The van der Waals surface area contributed by atoms with Crippen LogP contribution in [0.4, 0.5) is 4.79 Å². The van der Waals surface area contributed by atoms with Crippen LogP contribution in [0, 0.1) is 0 Å². The fourth-order valence-corrected chi connectivity index (χ4v) is 1.98. The Morgan fingerprint density at radius 2 is 2.21 bits per heavy atom. The van der Waals surface area contributed by atoms with Crippen molar-refractivity contribution in [2.45, 2.75) is 12.3 Å². The number of carbonyl (C=O) groups is 1. The first-order valence-electron chi connectivity index (χ1n) is 4.61. The molecule has 2 rings (SSSR count). The minimum Gasteiger partial charge on any atom is -0.329 e. The fraction of sp³-hybridized carbons (Fsp3) is 0.400. The van der Waals surface area contributed by atoms with Crippen LogP contribution in [0.3, 0.4) is 0 Å². The van der Waals surface area contributed by atoms with Crippen LogP contribution < -0.4 is 0 Å². The molecular weight excluding hydrogens is 200 g/mol. The van der Waals surface area contributed by atoms with Gasteiger partial charge >= 0.3 is 5.37 Å². The Hall–Kier alpha value is -1.09. The first kappa shape index (κ1) is 9.46. The van der Waals surface area contributed by atoms with Gasteiger partial charge in [0.1, 0.15) is 0 Å². The lowest BCUT2D eigenvalue weighted by atomic mass is 10.0. The molecule has 4 heteroatoms. The molecule has 0 spiro atoms. The van der Waals surface area contributed by atoms with Crippen LogP contribution in [0.1, 0.15) is 17.9 Å². The molecule has 0 aromatic carbocycles. The molecule has 1 aromatic rings. The molecule has 1 aliphatic rings. The first-order chi connectivity index (χ1) is 6.77. The average Bonchev–Trinajstić information content (AvgIpc) is 2.68. The molecular formula is C10H11ClN2O. The third-order valence-corrected chi connectivity index (χ3v) is 2.85. The number of hydrogen-bond donors (Lipinski definition) is 0. The van der Waals surface area contributed by atoms with E-state index in [1.165, 1.54) is 5.56 Å². The predicted molar refractivity (Wildman–Crippen MR) is 54.4 cm³/mol. The third-order valence-electron chi connectivity index (χ3n) is 2.61. The summed E-state index contributed by atoms with van der Waals surface area (Å²) in [7, 11) is 0. The van der Waals surface area contributed by atoms with E-state index < -0.39 is 0 Å². The van der Waals surface area contributed by atoms with Gasteiger partial charge in [0, 0.05) is 31.4 Å². The van der Waals surface area contributed by atoms with Crippen LogP contribution in [0.5, 0.6) is 0 Å². The number of hydrogen-bond acceptors (Lipinski definition) is 2. The van der Waals surface area contributed by atoms with Crippen LogP contribution in [0.15, 0.2) is 24.5 Å². The van der Waals surface area contributed by atoms with Gasteiger partial charge in [0.2, 0.25) is 0 Å². The molecule has 2 heterocycles. The average molecular weight is 211 g/mol. The molecule has 3 nitrogen and oxygen atoms in total. The highest BCUT2D eigenvalue weighted by Gasteiger charge is 2.25. The summed E-state index contributed by atoms with van der Waals surface area (Å²) in [6.07, 6.45) is 4.55. The number of halogens is 1. The lowest BCUT2D eigenvalue weighted by molar-refractivity contribution is 0.232. The van der Waals surface area contributed by atoms with Gasteiger partial charge < -0.3 is 4.90 Å². The van der Waals surface area contributed by atoms with E-state index in [4.69, 9.17) is 11.6 Å². The van der Waals surface area contributed by atoms with E-state index in [0.29, 0.717) is 5.92 Å². The van der Waals surface area contributed by atoms with Crippen molar-refractivity contribution in [2.75, 3.05) is 13.1 Å². The normalized spacial score (nSPS) is 21.2. The first-order valence-corrected chi connectivity index (χ1v) is 4.99. The molecule has 1 aromatic heterocycles. The van der Waals surface area contributed by atoms with E-state index in [0.717, 1.165) is 19.5 Å². The van der Waals surface area contributed by atoms with Crippen molar-refractivity contribution in [1.82, 2.24) is 9.88 Å². The van der Waals surface area contributed by atoms with Gasteiger partial charge in [0.05, 0.1) is 0 Å². The van der Waals surface area contributed by atoms with E-state index in [1.807, 2.05) is 12.1 Å². The number of carbonyl (C=O) groups excluding carboxylic acids is 1. The van der Waals surface area contributed by atoms with Gasteiger partial charge in [0.25, 0.3) is 0 Å². The molecule has 1 amide bonds. The van der Waals surface area contributed by atoms with E-state index >= 15 is 0 Å². The van der Waals surface area contributed by atoms with Crippen molar-refractivity contribution < 1.29 is 4.79 Å². The van der Waals surface area contributed by atoms with E-state index in [-0.39, 0.29) is 5.37 Å². The molecule has 1 fully saturated rings. The predicted octanol–water partition coefficient (Wildman–Crippen LogP) is 2.23. The summed E-state index contributed by atoms with van der Waals surface area (Å²) in [5, 5.41) is -0.346. The molecule has 0 saturated carbocycles. The Bertz CT molecular complexity index is 328. The molecule has 0 N–H and O–H groups in total. The topological polar surface area (TPSA) is 33.2 Å². The van der Waals surface area contributed by atoms with E-state index in [1.54, 1.807) is 17.3 Å². The molecule has 0 radical (unpaired) electrons. The van der Waals surface area contributed by atoms with Crippen molar-refractivity contribution in [3.63, 3.8) is 0 Å². The molecule has 0 aliphatic carbocycles. The van der Waals surface area contributed by atoms with Crippen LogP contribution in [-0.2, 0) is 0 Å². The minimum absolute atomic E-state index is 0.346. The Morgan fingerprint density at radius 3 is 2.79 bits per heavy atom. The zero-order valence-corrected chi connectivity index (χ0v) is 8.44. The summed E-state index contributed by atoms with van der Waals surface area (Å²) in [5.74, 6) is 0.417. The van der Waals surface area contributed by atoms with E-state index in [9.17, 15) is 4.79 Å². The number of rotatable bonds is 1. The highest BCUT2D eigenvalue weighted by Crippen LogP contribution is 2.27. The SMILES string of the molecule is O=C(Cl)N1CCC(c2ccncc2)C1. The quantitative estimate of drug-likeness (QED) is 0.526. The second kappa shape index (κ2) is 3.96. The number of aromatic nitrogens is 1. The van der Waals surface area contributed by atoms with Gasteiger partial charge in [-0.2, -0.15) is 0 Å². The third kappa shape index (κ3) is 1.87.